The van der Waals surface area contributed by atoms with Crippen molar-refractivity contribution in [3.63, 3.8) is 0 Å². The van der Waals surface area contributed by atoms with Crippen LogP contribution in [0.15, 0.2) is 30.3 Å². The van der Waals surface area contributed by atoms with E-state index in [1.807, 2.05) is 0 Å². The Hall–Kier alpha value is -2.17. The van der Waals surface area contributed by atoms with Gasteiger partial charge >= 0.3 is 0 Å². The van der Waals surface area contributed by atoms with Crippen molar-refractivity contribution in [2.75, 3.05) is 6.61 Å². The zero-order valence-corrected chi connectivity index (χ0v) is 8.84. The van der Waals surface area contributed by atoms with Gasteiger partial charge in [0.25, 0.3) is 5.69 Å². The number of ether oxygens (including phenoxy) is 1. The van der Waals surface area contributed by atoms with Crippen molar-refractivity contribution in [1.82, 2.24) is 0 Å². The number of hydrogen-bond acceptors (Lipinski definition) is 4. The van der Waals surface area contributed by atoms with Gasteiger partial charge in [-0.25, -0.2) is 0 Å². The lowest BCUT2D eigenvalue weighted by Crippen LogP contribution is -1.97. The van der Waals surface area contributed by atoms with Crippen LogP contribution in [0.5, 0.6) is 0 Å². The van der Waals surface area contributed by atoms with Gasteiger partial charge in [0.1, 0.15) is 0 Å². The summed E-state index contributed by atoms with van der Waals surface area (Å²) in [6.45, 7) is 2.25. The predicted molar refractivity (Wildman–Crippen MR) is 61.5 cm³/mol. The van der Waals surface area contributed by atoms with Crippen LogP contribution in [0.2, 0.25) is 0 Å². The van der Waals surface area contributed by atoms with Gasteiger partial charge in [0.2, 0.25) is 5.90 Å². The second-order valence-electron chi connectivity index (χ2n) is 2.98. The lowest BCUT2D eigenvalue weighted by molar-refractivity contribution is -0.384. The molecule has 0 heterocycles. The molecule has 0 aliphatic heterocycles. The van der Waals surface area contributed by atoms with Crippen molar-refractivity contribution in [2.24, 2.45) is 0 Å². The Balaban J connectivity index is 2.68. The summed E-state index contributed by atoms with van der Waals surface area (Å²) < 4.78 is 4.91. The van der Waals surface area contributed by atoms with Gasteiger partial charge in [0, 0.05) is 18.2 Å². The fourth-order valence-corrected chi connectivity index (χ4v) is 1.08. The van der Waals surface area contributed by atoms with Gasteiger partial charge in [-0.1, -0.05) is 0 Å². The van der Waals surface area contributed by atoms with E-state index in [0.717, 1.165) is 5.56 Å². The fourth-order valence-electron chi connectivity index (χ4n) is 1.08. The first-order chi connectivity index (χ1) is 7.63. The molecule has 5 heteroatoms. The van der Waals surface area contributed by atoms with Crippen molar-refractivity contribution in [3.05, 3.63) is 46.0 Å². The molecule has 0 saturated carbocycles. The van der Waals surface area contributed by atoms with E-state index in [1.165, 1.54) is 18.2 Å². The third kappa shape index (κ3) is 3.53. The van der Waals surface area contributed by atoms with Gasteiger partial charge in [-0.2, -0.15) is 0 Å². The van der Waals surface area contributed by atoms with E-state index in [0.29, 0.717) is 6.61 Å². The van der Waals surface area contributed by atoms with E-state index in [-0.39, 0.29) is 11.6 Å². The summed E-state index contributed by atoms with van der Waals surface area (Å²) >= 11 is 0. The molecule has 0 atom stereocenters. The Morgan fingerprint density at radius 3 is 2.62 bits per heavy atom. The number of non-ortho nitro benzene ring substituents is 1. The third-order valence-electron chi connectivity index (χ3n) is 1.83. The predicted octanol–water partition coefficient (Wildman–Crippen LogP) is 2.62. The zero-order valence-electron chi connectivity index (χ0n) is 8.84. The number of hydrogen-bond donors (Lipinski definition) is 1. The van der Waals surface area contributed by atoms with Crippen LogP contribution in [0.4, 0.5) is 5.69 Å². The summed E-state index contributed by atoms with van der Waals surface area (Å²) in [6, 6.07) is 6.08. The molecule has 1 N–H and O–H groups in total. The highest BCUT2D eigenvalue weighted by Gasteiger charge is 2.02. The molecule has 1 aromatic rings. The number of nitrogens with zero attached hydrogens (tertiary/aromatic N) is 1. The first-order valence-electron chi connectivity index (χ1n) is 4.77. The average Bonchev–Trinajstić information content (AvgIpc) is 2.27. The summed E-state index contributed by atoms with van der Waals surface area (Å²) in [5, 5.41) is 17.7. The van der Waals surface area contributed by atoms with Crippen LogP contribution in [0.3, 0.4) is 0 Å². The van der Waals surface area contributed by atoms with Crippen LogP contribution in [0.25, 0.3) is 6.08 Å². The van der Waals surface area contributed by atoms with Crippen molar-refractivity contribution >= 4 is 17.7 Å². The second kappa shape index (κ2) is 5.65. The lowest BCUT2D eigenvalue weighted by Gasteiger charge is -1.98. The average molecular weight is 220 g/mol. The SMILES string of the molecule is CCOC(=N)/C=C/c1ccc([N+](=O)[O-])cc1. The van der Waals surface area contributed by atoms with Gasteiger partial charge in [-0.05, 0) is 30.7 Å². The Morgan fingerprint density at radius 2 is 2.12 bits per heavy atom. The molecule has 0 unspecified atom stereocenters. The number of rotatable bonds is 4. The number of nitrogens with one attached hydrogen (secondary N) is 1. The van der Waals surface area contributed by atoms with Gasteiger partial charge in [0.05, 0.1) is 11.5 Å². The minimum absolute atomic E-state index is 0.0528. The van der Waals surface area contributed by atoms with Crippen LogP contribution in [-0.2, 0) is 4.74 Å². The molecule has 0 aliphatic rings. The molecule has 0 amide bonds. The maximum Gasteiger partial charge on any atom is 0.269 e. The minimum atomic E-state index is -0.449. The standard InChI is InChI=1S/C11H12N2O3/c1-2-16-11(12)8-5-9-3-6-10(7-4-9)13(14)15/h3-8,12H,2H2,1H3/b8-5+,12-11?. The van der Waals surface area contributed by atoms with Crippen LogP contribution in [-0.4, -0.2) is 17.4 Å². The molecular weight excluding hydrogens is 208 g/mol. The smallest absolute Gasteiger partial charge is 0.269 e. The molecule has 0 saturated heterocycles. The van der Waals surface area contributed by atoms with Crippen LogP contribution in [0, 0.1) is 15.5 Å². The molecule has 0 aromatic heterocycles. The second-order valence-corrected chi connectivity index (χ2v) is 2.98. The molecular formula is C11H12N2O3. The summed E-state index contributed by atoms with van der Waals surface area (Å²) in [7, 11) is 0. The van der Waals surface area contributed by atoms with E-state index < -0.39 is 4.92 Å². The highest BCUT2D eigenvalue weighted by Crippen LogP contribution is 2.12. The molecule has 1 rings (SSSR count). The number of nitro groups is 1. The molecule has 0 spiro atoms. The van der Waals surface area contributed by atoms with Crippen molar-refractivity contribution < 1.29 is 9.66 Å². The van der Waals surface area contributed by atoms with Gasteiger partial charge in [-0.3, -0.25) is 15.5 Å². The van der Waals surface area contributed by atoms with E-state index in [1.54, 1.807) is 25.1 Å². The van der Waals surface area contributed by atoms with E-state index >= 15 is 0 Å². The number of benzene rings is 1. The zero-order chi connectivity index (χ0) is 12.0. The fraction of sp³-hybridized carbons (Fsp3) is 0.182. The lowest BCUT2D eigenvalue weighted by atomic mass is 10.2. The van der Waals surface area contributed by atoms with Crippen molar-refractivity contribution in [3.8, 4) is 0 Å². The maximum absolute atomic E-state index is 10.4. The van der Waals surface area contributed by atoms with Gasteiger partial charge in [-0.15, -0.1) is 0 Å². The molecule has 0 radical (unpaired) electrons. The van der Waals surface area contributed by atoms with Crippen LogP contribution in [0.1, 0.15) is 12.5 Å². The van der Waals surface area contributed by atoms with Gasteiger partial charge < -0.3 is 4.74 Å². The Bertz CT molecular complexity index is 410. The van der Waals surface area contributed by atoms with Crippen molar-refractivity contribution in [1.29, 1.82) is 5.41 Å². The Labute approximate surface area is 93.0 Å². The highest BCUT2D eigenvalue weighted by molar-refractivity contribution is 5.89. The first kappa shape index (κ1) is 11.9. The van der Waals surface area contributed by atoms with Crippen LogP contribution >= 0.6 is 0 Å². The summed E-state index contributed by atoms with van der Waals surface area (Å²) in [5.41, 5.74) is 0.840. The Morgan fingerprint density at radius 1 is 1.50 bits per heavy atom. The minimum Gasteiger partial charge on any atom is -0.478 e. The summed E-state index contributed by atoms with van der Waals surface area (Å²) in [5.74, 6) is 0.0702. The monoisotopic (exact) mass is 220 g/mol. The summed E-state index contributed by atoms with van der Waals surface area (Å²) in [6.07, 6.45) is 3.17. The molecule has 16 heavy (non-hydrogen) atoms. The third-order valence-corrected chi connectivity index (χ3v) is 1.83. The van der Waals surface area contributed by atoms with E-state index in [9.17, 15) is 10.1 Å². The highest BCUT2D eigenvalue weighted by atomic mass is 16.6. The molecule has 84 valence electrons. The normalized spacial score (nSPS) is 10.3. The van der Waals surface area contributed by atoms with Crippen LogP contribution < -0.4 is 0 Å². The molecule has 0 bridgehead atoms. The summed E-state index contributed by atoms with van der Waals surface area (Å²) in [4.78, 5) is 9.95. The van der Waals surface area contributed by atoms with Crippen molar-refractivity contribution in [2.45, 2.75) is 6.92 Å². The van der Waals surface area contributed by atoms with E-state index in [2.05, 4.69) is 0 Å². The molecule has 0 fully saturated rings. The van der Waals surface area contributed by atoms with E-state index in [4.69, 9.17) is 10.1 Å². The quantitative estimate of drug-likeness (QED) is 0.366. The molecule has 5 nitrogen and oxygen atoms in total. The van der Waals surface area contributed by atoms with Gasteiger partial charge in [0.15, 0.2) is 0 Å². The topological polar surface area (TPSA) is 76.2 Å². The molecule has 0 aliphatic carbocycles. The first-order valence-corrected chi connectivity index (χ1v) is 4.77. The number of nitro benzene ring substituents is 1. The Kier molecular flexibility index (Phi) is 4.20. The maximum atomic E-state index is 10.4. The largest absolute Gasteiger partial charge is 0.478 e. The molecule has 1 aromatic carbocycles.